The van der Waals surface area contributed by atoms with E-state index in [0.717, 1.165) is 41.3 Å². The van der Waals surface area contributed by atoms with Crippen molar-refractivity contribution in [1.29, 1.82) is 0 Å². The molecule has 0 aliphatic heterocycles. The van der Waals surface area contributed by atoms with Gasteiger partial charge in [-0.2, -0.15) is 9.36 Å². The predicted molar refractivity (Wildman–Crippen MR) is 80.3 cm³/mol. The van der Waals surface area contributed by atoms with E-state index in [2.05, 4.69) is 22.5 Å². The molecule has 0 radical (unpaired) electrons. The predicted octanol–water partition coefficient (Wildman–Crippen LogP) is 1.65. The standard InChI is InChI=1S/C14H15N5O2S/c1-9-4-5-12-10(7-9)11(15-21-12)8-18-14(20)19(17-16-18)13-3-2-6-22-13/h2-3,6,9H,4-5,7-8H2,1H3. The molecule has 3 aromatic rings. The molecule has 0 bridgehead atoms. The maximum absolute atomic E-state index is 12.4. The Balaban J connectivity index is 1.65. The zero-order chi connectivity index (χ0) is 15.1. The lowest BCUT2D eigenvalue weighted by Crippen LogP contribution is -2.25. The van der Waals surface area contributed by atoms with Crippen molar-refractivity contribution < 1.29 is 4.52 Å². The quantitative estimate of drug-likeness (QED) is 0.734. The van der Waals surface area contributed by atoms with Gasteiger partial charge in [-0.15, -0.1) is 11.3 Å². The number of hydrogen-bond donors (Lipinski definition) is 0. The molecule has 22 heavy (non-hydrogen) atoms. The van der Waals surface area contributed by atoms with E-state index < -0.39 is 0 Å². The molecule has 1 unspecified atom stereocenters. The average Bonchev–Trinajstić information content (AvgIpc) is 3.22. The van der Waals surface area contributed by atoms with Crippen LogP contribution in [0.25, 0.3) is 5.00 Å². The van der Waals surface area contributed by atoms with Gasteiger partial charge >= 0.3 is 5.69 Å². The highest BCUT2D eigenvalue weighted by Gasteiger charge is 2.24. The molecule has 8 heteroatoms. The van der Waals surface area contributed by atoms with Crippen LogP contribution in [0.5, 0.6) is 0 Å². The summed E-state index contributed by atoms with van der Waals surface area (Å²) < 4.78 is 8.04. The first-order valence-electron chi connectivity index (χ1n) is 7.25. The van der Waals surface area contributed by atoms with Crippen molar-refractivity contribution in [3.05, 3.63) is 45.0 Å². The average molecular weight is 317 g/mol. The van der Waals surface area contributed by atoms with Gasteiger partial charge in [0.05, 0.1) is 6.54 Å². The van der Waals surface area contributed by atoms with Crippen LogP contribution in [0.2, 0.25) is 0 Å². The lowest BCUT2D eigenvalue weighted by Gasteiger charge is -2.16. The molecular formula is C14H15N5O2S. The molecule has 0 saturated carbocycles. The summed E-state index contributed by atoms with van der Waals surface area (Å²) in [5.74, 6) is 1.57. The normalized spacial score (nSPS) is 17.6. The fourth-order valence-corrected chi connectivity index (χ4v) is 3.47. The van der Waals surface area contributed by atoms with Crippen LogP contribution in [0.1, 0.15) is 30.4 Å². The number of tetrazole rings is 1. The third-order valence-electron chi connectivity index (χ3n) is 4.02. The van der Waals surface area contributed by atoms with Gasteiger partial charge < -0.3 is 4.52 Å². The number of thiophene rings is 1. The molecule has 3 aromatic heterocycles. The smallest absolute Gasteiger partial charge is 0.361 e. The summed E-state index contributed by atoms with van der Waals surface area (Å²) in [5.41, 5.74) is 1.67. The minimum absolute atomic E-state index is 0.261. The van der Waals surface area contributed by atoms with Crippen molar-refractivity contribution in [2.75, 3.05) is 0 Å². The van der Waals surface area contributed by atoms with Gasteiger partial charge in [0.1, 0.15) is 16.5 Å². The molecule has 0 N–H and O–H groups in total. The first kappa shape index (κ1) is 13.4. The van der Waals surface area contributed by atoms with Crippen LogP contribution in [-0.4, -0.2) is 24.9 Å². The molecule has 0 amide bonds. The Morgan fingerprint density at radius 3 is 3.18 bits per heavy atom. The molecule has 0 spiro atoms. The second kappa shape index (κ2) is 5.20. The number of rotatable bonds is 3. The topological polar surface area (TPSA) is 78.7 Å². The van der Waals surface area contributed by atoms with Gasteiger partial charge in [0.25, 0.3) is 0 Å². The Labute approximate surface area is 130 Å². The molecule has 1 aliphatic carbocycles. The summed E-state index contributed by atoms with van der Waals surface area (Å²) >= 11 is 1.45. The zero-order valence-electron chi connectivity index (χ0n) is 12.1. The molecule has 3 heterocycles. The van der Waals surface area contributed by atoms with Crippen molar-refractivity contribution in [1.82, 2.24) is 24.9 Å². The first-order chi connectivity index (χ1) is 10.7. The van der Waals surface area contributed by atoms with E-state index >= 15 is 0 Å². The minimum atomic E-state index is -0.261. The van der Waals surface area contributed by atoms with E-state index in [-0.39, 0.29) is 5.69 Å². The summed E-state index contributed by atoms with van der Waals surface area (Å²) in [6.07, 6.45) is 2.98. The maximum atomic E-state index is 12.4. The van der Waals surface area contributed by atoms with Gasteiger partial charge in [0.15, 0.2) is 0 Å². The summed E-state index contributed by atoms with van der Waals surface area (Å²) in [4.78, 5) is 12.4. The van der Waals surface area contributed by atoms with Crippen molar-refractivity contribution in [3.8, 4) is 5.00 Å². The van der Waals surface area contributed by atoms with E-state index in [1.807, 2.05) is 17.5 Å². The Bertz CT molecular complexity index is 845. The van der Waals surface area contributed by atoms with Gasteiger partial charge in [-0.1, -0.05) is 12.1 Å². The van der Waals surface area contributed by atoms with Crippen LogP contribution in [0.15, 0.2) is 26.8 Å². The van der Waals surface area contributed by atoms with Gasteiger partial charge in [-0.3, -0.25) is 0 Å². The van der Waals surface area contributed by atoms with E-state index in [0.29, 0.717) is 12.5 Å². The highest BCUT2D eigenvalue weighted by atomic mass is 32.1. The van der Waals surface area contributed by atoms with Crippen molar-refractivity contribution >= 4 is 11.3 Å². The summed E-state index contributed by atoms with van der Waals surface area (Å²) in [5, 5.41) is 14.7. The van der Waals surface area contributed by atoms with Crippen LogP contribution in [0.4, 0.5) is 0 Å². The number of aryl methyl sites for hydroxylation is 1. The Kier molecular flexibility index (Phi) is 3.18. The molecule has 0 aromatic carbocycles. The third kappa shape index (κ3) is 2.19. The molecule has 4 rings (SSSR count). The van der Waals surface area contributed by atoms with Gasteiger partial charge in [0.2, 0.25) is 0 Å². The number of hydrogen-bond acceptors (Lipinski definition) is 6. The van der Waals surface area contributed by atoms with Crippen LogP contribution in [0, 0.1) is 5.92 Å². The SMILES string of the molecule is CC1CCc2onc(Cn3nnn(-c4cccs4)c3=O)c2C1. The second-order valence-electron chi connectivity index (χ2n) is 5.66. The molecule has 0 fully saturated rings. The Morgan fingerprint density at radius 2 is 2.36 bits per heavy atom. The molecule has 1 aliphatic rings. The van der Waals surface area contributed by atoms with Crippen molar-refractivity contribution in [2.45, 2.75) is 32.7 Å². The number of aromatic nitrogens is 5. The van der Waals surface area contributed by atoms with Crippen molar-refractivity contribution in [3.63, 3.8) is 0 Å². The monoisotopic (exact) mass is 317 g/mol. The largest absolute Gasteiger partial charge is 0.369 e. The van der Waals surface area contributed by atoms with E-state index in [1.165, 1.54) is 20.7 Å². The summed E-state index contributed by atoms with van der Waals surface area (Å²) in [6, 6.07) is 3.71. The first-order valence-corrected chi connectivity index (χ1v) is 8.13. The van der Waals surface area contributed by atoms with Crippen LogP contribution in [0.3, 0.4) is 0 Å². The van der Waals surface area contributed by atoms with Gasteiger partial charge in [0, 0.05) is 12.0 Å². The summed E-state index contributed by atoms with van der Waals surface area (Å²) in [7, 11) is 0. The highest BCUT2D eigenvalue weighted by Crippen LogP contribution is 2.27. The van der Waals surface area contributed by atoms with Crippen LogP contribution < -0.4 is 5.69 Å². The lowest BCUT2D eigenvalue weighted by atomic mass is 9.88. The lowest BCUT2D eigenvalue weighted by molar-refractivity contribution is 0.352. The number of nitrogens with zero attached hydrogens (tertiary/aromatic N) is 5. The maximum Gasteiger partial charge on any atom is 0.369 e. The van der Waals surface area contributed by atoms with Crippen LogP contribution >= 0.6 is 11.3 Å². The van der Waals surface area contributed by atoms with E-state index in [1.54, 1.807) is 0 Å². The fourth-order valence-electron chi connectivity index (χ4n) is 2.81. The van der Waals surface area contributed by atoms with Gasteiger partial charge in [-0.25, -0.2) is 4.79 Å². The van der Waals surface area contributed by atoms with Gasteiger partial charge in [-0.05, 0) is 46.7 Å². The van der Waals surface area contributed by atoms with Crippen molar-refractivity contribution in [2.24, 2.45) is 5.92 Å². The number of fused-ring (bicyclic) bond motifs is 1. The highest BCUT2D eigenvalue weighted by molar-refractivity contribution is 7.12. The molecule has 1 atom stereocenters. The summed E-state index contributed by atoms with van der Waals surface area (Å²) in [6.45, 7) is 2.52. The minimum Gasteiger partial charge on any atom is -0.361 e. The van der Waals surface area contributed by atoms with E-state index in [4.69, 9.17) is 4.52 Å². The molecule has 7 nitrogen and oxygen atoms in total. The molecule has 0 saturated heterocycles. The molecule has 114 valence electrons. The molecular weight excluding hydrogens is 302 g/mol. The Hall–Kier alpha value is -2.22. The Morgan fingerprint density at radius 1 is 1.45 bits per heavy atom. The fraction of sp³-hybridized carbons (Fsp3) is 0.429. The third-order valence-corrected chi connectivity index (χ3v) is 4.87. The second-order valence-corrected chi connectivity index (χ2v) is 6.59. The van der Waals surface area contributed by atoms with Crippen LogP contribution in [-0.2, 0) is 19.4 Å². The van der Waals surface area contributed by atoms with E-state index in [9.17, 15) is 4.79 Å². The zero-order valence-corrected chi connectivity index (χ0v) is 12.9.